The Labute approximate surface area is 322 Å². The normalized spacial score (nSPS) is 34.0. The maximum Gasteiger partial charge on any atom is 0.333 e. The van der Waals surface area contributed by atoms with Gasteiger partial charge in [0.25, 0.3) is 0 Å². The first-order chi connectivity index (χ1) is 25.9. The van der Waals surface area contributed by atoms with E-state index in [4.69, 9.17) is 29.4 Å². The van der Waals surface area contributed by atoms with E-state index in [0.717, 1.165) is 28.7 Å². The molecule has 3 aliphatic carbocycles. The van der Waals surface area contributed by atoms with Crippen LogP contribution in [0.1, 0.15) is 110 Å². The lowest BCUT2D eigenvalue weighted by Crippen LogP contribution is -2.80. The average molecular weight is 750 g/mol. The van der Waals surface area contributed by atoms with Crippen LogP contribution in [0, 0.1) is 35.0 Å². The number of fused-ring (bicyclic) bond motifs is 3. The van der Waals surface area contributed by atoms with E-state index >= 15 is 4.79 Å². The molecule has 0 aromatic heterocycles. The number of benzene rings is 1. The average Bonchev–Trinajstić information content (AvgIpc) is 3.25. The molecule has 55 heavy (non-hydrogen) atoms. The van der Waals surface area contributed by atoms with Crippen LogP contribution in [0.25, 0.3) is 5.57 Å². The number of hydrogen-bond acceptors (Lipinski definition) is 11. The third kappa shape index (κ3) is 5.05. The number of carbonyl (C=O) groups is 3. The van der Waals surface area contributed by atoms with Crippen LogP contribution >= 0.6 is 0 Å². The molecule has 0 radical (unpaired) electrons. The van der Waals surface area contributed by atoms with Gasteiger partial charge in [-0.2, -0.15) is 5.26 Å². The number of esters is 2. The number of nitrogens with one attached hydrogen (secondary N) is 1. The molecule has 5 aliphatic heterocycles. The van der Waals surface area contributed by atoms with E-state index in [-0.39, 0.29) is 30.4 Å². The molecule has 11 heteroatoms. The highest BCUT2D eigenvalue weighted by atomic mass is 16.6. The summed E-state index contributed by atoms with van der Waals surface area (Å²) in [6.07, 6.45) is 10.6. The molecule has 290 valence electrons. The van der Waals surface area contributed by atoms with Crippen LogP contribution in [0.15, 0.2) is 52.4 Å². The van der Waals surface area contributed by atoms with E-state index in [1.807, 2.05) is 34.6 Å². The maximum atomic E-state index is 15.3. The van der Waals surface area contributed by atoms with Crippen molar-refractivity contribution in [2.24, 2.45) is 29.4 Å². The van der Waals surface area contributed by atoms with Crippen LogP contribution in [-0.4, -0.2) is 47.2 Å². The molecular weight excluding hydrogens is 698 g/mol. The maximum absolute atomic E-state index is 15.3. The molecule has 3 saturated carbocycles. The summed E-state index contributed by atoms with van der Waals surface area (Å²) < 4.78 is 33.2. The molecule has 4 bridgehead atoms. The minimum absolute atomic E-state index is 0.0530. The summed E-state index contributed by atoms with van der Waals surface area (Å²) in [6.45, 7) is 15.9. The summed E-state index contributed by atoms with van der Waals surface area (Å²) in [5, 5.41) is 14.1. The minimum Gasteiger partial charge on any atom is -0.482 e. The molecule has 4 fully saturated rings. The Bertz CT molecular complexity index is 2160. The summed E-state index contributed by atoms with van der Waals surface area (Å²) >= 11 is 0. The highest BCUT2D eigenvalue weighted by Gasteiger charge is 2.86. The minimum atomic E-state index is -1.53. The molecule has 8 unspecified atom stereocenters. The number of ether oxygens (including phenoxy) is 5. The largest absolute Gasteiger partial charge is 0.482 e. The van der Waals surface area contributed by atoms with E-state index in [1.54, 1.807) is 13.0 Å². The molecule has 1 saturated heterocycles. The highest BCUT2D eigenvalue weighted by Crippen LogP contribution is 2.75. The number of hydrogen-bond donors (Lipinski definition) is 2. The van der Waals surface area contributed by atoms with E-state index in [2.05, 4.69) is 43.5 Å². The molecule has 1 aromatic rings. The second kappa shape index (κ2) is 12.3. The topological polar surface area (TPSA) is 159 Å². The lowest BCUT2D eigenvalue weighted by molar-refractivity contribution is -0.224. The molecule has 8 atom stereocenters. The second-order valence-electron chi connectivity index (χ2n) is 17.7. The number of nitriles is 1. The zero-order valence-electron chi connectivity index (χ0n) is 33.2. The van der Waals surface area contributed by atoms with Gasteiger partial charge >= 0.3 is 11.9 Å². The van der Waals surface area contributed by atoms with Gasteiger partial charge in [0, 0.05) is 41.2 Å². The van der Waals surface area contributed by atoms with Crippen LogP contribution in [-0.2, 0) is 30.3 Å². The summed E-state index contributed by atoms with van der Waals surface area (Å²) in [7, 11) is 1.32. The van der Waals surface area contributed by atoms with Gasteiger partial charge in [-0.15, -0.1) is 0 Å². The van der Waals surface area contributed by atoms with Gasteiger partial charge in [-0.3, -0.25) is 9.59 Å². The summed E-state index contributed by atoms with van der Waals surface area (Å²) in [6, 6.07) is 1.72. The monoisotopic (exact) mass is 749 g/mol. The molecule has 11 nitrogen and oxygen atoms in total. The van der Waals surface area contributed by atoms with Crippen molar-refractivity contribution in [1.82, 2.24) is 5.32 Å². The SMILES string of the molecule is COC(=O)/C(C)=C\CC12OC(C)(C)C3CC(C1=O)C1C(C#N)=C(N)NC4c5c(c(CC=C(C)C)c6c7c5OC(=O)CC7=CC(C)(CCC=C(C)C)O6)OC32C41. The third-order valence-electron chi connectivity index (χ3n) is 13.3. The van der Waals surface area contributed by atoms with E-state index in [9.17, 15) is 14.9 Å². The van der Waals surface area contributed by atoms with Gasteiger partial charge in [-0.05, 0) is 92.7 Å². The van der Waals surface area contributed by atoms with Crippen LogP contribution in [0.4, 0.5) is 0 Å². The fourth-order valence-corrected chi connectivity index (χ4v) is 11.1. The summed E-state index contributed by atoms with van der Waals surface area (Å²) in [5.74, 6) is -1.48. The molecule has 1 spiro atoms. The zero-order chi connectivity index (χ0) is 39.6. The standard InChI is InChI=1S/C44H51N3O8/c1-21(2)11-10-15-42(8)19-24-17-29(48)52-37-30(24)35(53-42)25(13-12-22(3)4)36-32(37)34-33-31(27(20-45)39(46)47-34)26-18-28-41(6,7)55-43(38(26)49,44(28,33)54-36)16-14-23(5)40(50)51-9/h11-12,14,19,26,28,31,33-34,47H,10,13,15-18,46H2,1-9H3/b23-14-. The summed E-state index contributed by atoms with van der Waals surface area (Å²) in [4.78, 5) is 41.6. The second-order valence-corrected chi connectivity index (χ2v) is 17.7. The number of nitrogens with zero attached hydrogens (tertiary/aromatic N) is 1. The number of methoxy groups -OCH3 is 1. The number of ketones is 1. The van der Waals surface area contributed by atoms with Crippen LogP contribution in [0.5, 0.6) is 17.2 Å². The fourth-order valence-electron chi connectivity index (χ4n) is 11.1. The predicted octanol–water partition coefficient (Wildman–Crippen LogP) is 6.76. The zero-order valence-corrected chi connectivity index (χ0v) is 33.2. The van der Waals surface area contributed by atoms with Crippen molar-refractivity contribution in [2.45, 2.75) is 122 Å². The molecule has 5 heterocycles. The van der Waals surface area contributed by atoms with Crippen LogP contribution in [0.2, 0.25) is 0 Å². The van der Waals surface area contributed by atoms with Crippen molar-refractivity contribution in [3.63, 3.8) is 0 Å². The molecule has 8 aliphatic rings. The Morgan fingerprint density at radius 3 is 2.45 bits per heavy atom. The van der Waals surface area contributed by atoms with Gasteiger partial charge in [0.05, 0.1) is 47.9 Å². The Hall–Kier alpha value is -4.82. The number of rotatable bonds is 8. The molecule has 9 rings (SSSR count). The lowest BCUT2D eigenvalue weighted by Gasteiger charge is -2.66. The lowest BCUT2D eigenvalue weighted by atomic mass is 9.41. The molecule has 1 aromatic carbocycles. The number of carbonyl (C=O) groups excluding carboxylic acids is 3. The van der Waals surface area contributed by atoms with Crippen molar-refractivity contribution in [2.75, 3.05) is 7.11 Å². The van der Waals surface area contributed by atoms with Crippen molar-refractivity contribution in [3.05, 3.63) is 69.1 Å². The molecule has 3 N–H and O–H groups in total. The van der Waals surface area contributed by atoms with Crippen molar-refractivity contribution in [3.8, 4) is 23.3 Å². The van der Waals surface area contributed by atoms with Gasteiger partial charge in [0.15, 0.2) is 22.7 Å². The van der Waals surface area contributed by atoms with Crippen LogP contribution in [0.3, 0.4) is 0 Å². The quantitative estimate of drug-likeness (QED) is 0.125. The molecule has 0 amide bonds. The number of Topliss-reactive ketones (excluding diaryl/α,β-unsaturated/α-hetero) is 1. The predicted molar refractivity (Wildman–Crippen MR) is 203 cm³/mol. The van der Waals surface area contributed by atoms with Gasteiger partial charge in [0.1, 0.15) is 22.9 Å². The Balaban J connectivity index is 1.44. The van der Waals surface area contributed by atoms with Gasteiger partial charge in [-0.1, -0.05) is 29.4 Å². The first kappa shape index (κ1) is 37.1. The molecular formula is C44H51N3O8. The van der Waals surface area contributed by atoms with Crippen molar-refractivity contribution < 1.29 is 38.1 Å². The Morgan fingerprint density at radius 1 is 1.05 bits per heavy atom. The summed E-state index contributed by atoms with van der Waals surface area (Å²) in [5.41, 5.74) is 8.26. The van der Waals surface area contributed by atoms with E-state index in [1.165, 1.54) is 12.7 Å². The van der Waals surface area contributed by atoms with Gasteiger partial charge in [0.2, 0.25) is 0 Å². The third-order valence-corrected chi connectivity index (χ3v) is 13.3. The van der Waals surface area contributed by atoms with E-state index < -0.39 is 58.1 Å². The number of allylic oxidation sites excluding steroid dienone is 5. The Morgan fingerprint density at radius 2 is 1.78 bits per heavy atom. The first-order valence-corrected chi connectivity index (χ1v) is 19.4. The van der Waals surface area contributed by atoms with E-state index in [0.29, 0.717) is 53.2 Å². The number of nitrogens with two attached hydrogens (primary N) is 1. The first-order valence-electron chi connectivity index (χ1n) is 19.4. The highest BCUT2D eigenvalue weighted by molar-refractivity contribution is 5.99. The Kier molecular flexibility index (Phi) is 8.33. The van der Waals surface area contributed by atoms with Crippen molar-refractivity contribution in [1.29, 1.82) is 5.26 Å². The van der Waals surface area contributed by atoms with Crippen molar-refractivity contribution >= 4 is 23.3 Å². The van der Waals surface area contributed by atoms with Gasteiger partial charge in [-0.25, -0.2) is 4.79 Å². The fraction of sp³-hybridized carbons (Fsp3) is 0.545. The smallest absolute Gasteiger partial charge is 0.333 e. The van der Waals surface area contributed by atoms with Crippen LogP contribution < -0.4 is 25.3 Å². The van der Waals surface area contributed by atoms with Gasteiger partial charge < -0.3 is 34.7 Å².